The van der Waals surface area contributed by atoms with E-state index in [1.54, 1.807) is 0 Å². The summed E-state index contributed by atoms with van der Waals surface area (Å²) in [4.78, 5) is 0.764. The summed E-state index contributed by atoms with van der Waals surface area (Å²) in [6.45, 7) is 2.07. The second-order valence-corrected chi connectivity index (χ2v) is 4.09. The second-order valence-electron chi connectivity index (χ2n) is 3.18. The lowest BCUT2D eigenvalue weighted by Gasteiger charge is -1.97. The van der Waals surface area contributed by atoms with Crippen LogP contribution in [0.4, 0.5) is 0 Å². The molecule has 1 heterocycles. The molecule has 2 rings (SSSR count). The van der Waals surface area contributed by atoms with Crippen molar-refractivity contribution in [2.24, 2.45) is 0 Å². The smallest absolute Gasteiger partial charge is 0.110 e. The Morgan fingerprint density at radius 3 is 2.43 bits per heavy atom. The van der Waals surface area contributed by atoms with Crippen LogP contribution in [0, 0.1) is 18.3 Å². The van der Waals surface area contributed by atoms with Crippen LogP contribution in [0.5, 0.6) is 0 Å². The maximum absolute atomic E-state index is 8.70. The van der Waals surface area contributed by atoms with Gasteiger partial charge in [0.15, 0.2) is 0 Å². The summed E-state index contributed by atoms with van der Waals surface area (Å²) in [6.07, 6.45) is 0. The molecule has 0 aliphatic carbocycles. The van der Waals surface area contributed by atoms with E-state index in [0.717, 1.165) is 10.4 Å². The molecule has 0 aliphatic rings. The van der Waals surface area contributed by atoms with Crippen molar-refractivity contribution in [3.05, 3.63) is 46.2 Å². The molecular weight excluding hydrogens is 190 g/mol. The Morgan fingerprint density at radius 2 is 1.86 bits per heavy atom. The molecule has 0 radical (unpaired) electrons. The van der Waals surface area contributed by atoms with E-state index in [1.165, 1.54) is 22.5 Å². The number of hydrogen-bond donors (Lipinski definition) is 0. The Bertz CT molecular complexity index is 474. The van der Waals surface area contributed by atoms with Crippen LogP contribution in [0.3, 0.4) is 0 Å². The molecular formula is C12H9NS. The van der Waals surface area contributed by atoms with E-state index in [0.29, 0.717) is 0 Å². The van der Waals surface area contributed by atoms with Gasteiger partial charge in [0.2, 0.25) is 0 Å². The zero-order chi connectivity index (χ0) is 9.97. The number of hydrogen-bond acceptors (Lipinski definition) is 2. The van der Waals surface area contributed by atoms with Crippen LogP contribution in [0.15, 0.2) is 35.7 Å². The van der Waals surface area contributed by atoms with Gasteiger partial charge in [-0.05, 0) is 29.5 Å². The van der Waals surface area contributed by atoms with Gasteiger partial charge in [0.1, 0.15) is 10.9 Å². The standard InChI is InChI=1S/C12H9NS/c1-9-2-4-10(5-3-9)11-6-12(7-13)14-8-11/h2-6,8H,1H3. The Hall–Kier alpha value is -1.59. The van der Waals surface area contributed by atoms with Crippen molar-refractivity contribution in [1.82, 2.24) is 0 Å². The van der Waals surface area contributed by atoms with E-state index < -0.39 is 0 Å². The zero-order valence-corrected chi connectivity index (χ0v) is 8.64. The first kappa shape index (κ1) is 8.98. The van der Waals surface area contributed by atoms with E-state index in [1.807, 2.05) is 11.4 Å². The summed E-state index contributed by atoms with van der Waals surface area (Å²) >= 11 is 1.49. The van der Waals surface area contributed by atoms with Crippen molar-refractivity contribution < 1.29 is 0 Å². The average Bonchev–Trinajstić information content (AvgIpc) is 2.67. The fourth-order valence-corrected chi connectivity index (χ4v) is 2.00. The van der Waals surface area contributed by atoms with Crippen LogP contribution in [0.25, 0.3) is 11.1 Å². The molecule has 0 amide bonds. The van der Waals surface area contributed by atoms with E-state index in [2.05, 4.69) is 37.3 Å². The maximum Gasteiger partial charge on any atom is 0.110 e. The van der Waals surface area contributed by atoms with Crippen LogP contribution in [0.1, 0.15) is 10.4 Å². The molecule has 0 fully saturated rings. The number of nitrogens with zero attached hydrogens (tertiary/aromatic N) is 1. The first-order chi connectivity index (χ1) is 6.79. The van der Waals surface area contributed by atoms with Crippen LogP contribution >= 0.6 is 11.3 Å². The van der Waals surface area contributed by atoms with Gasteiger partial charge in [-0.1, -0.05) is 29.8 Å². The van der Waals surface area contributed by atoms with Crippen LogP contribution in [-0.4, -0.2) is 0 Å². The molecule has 1 aromatic carbocycles. The van der Waals surface area contributed by atoms with Gasteiger partial charge in [-0.2, -0.15) is 5.26 Å². The van der Waals surface area contributed by atoms with Crippen molar-refractivity contribution in [3.8, 4) is 17.2 Å². The molecule has 0 aliphatic heterocycles. The van der Waals surface area contributed by atoms with Gasteiger partial charge in [0.25, 0.3) is 0 Å². The summed E-state index contributed by atoms with van der Waals surface area (Å²) in [6, 6.07) is 12.4. The lowest BCUT2D eigenvalue weighted by molar-refractivity contribution is 1.47. The molecule has 2 aromatic rings. The summed E-state index contributed by atoms with van der Waals surface area (Å²) in [5.41, 5.74) is 3.56. The van der Waals surface area contributed by atoms with E-state index >= 15 is 0 Å². The minimum Gasteiger partial charge on any atom is -0.192 e. The Balaban J connectivity index is 2.40. The van der Waals surface area contributed by atoms with Gasteiger partial charge in [-0.15, -0.1) is 11.3 Å². The van der Waals surface area contributed by atoms with E-state index in [4.69, 9.17) is 5.26 Å². The first-order valence-corrected chi connectivity index (χ1v) is 5.23. The number of benzene rings is 1. The lowest BCUT2D eigenvalue weighted by atomic mass is 10.1. The summed E-state index contributed by atoms with van der Waals surface area (Å²) in [7, 11) is 0. The Kier molecular flexibility index (Phi) is 2.34. The molecule has 2 heteroatoms. The molecule has 0 bridgehead atoms. The topological polar surface area (TPSA) is 23.8 Å². The van der Waals surface area contributed by atoms with E-state index in [9.17, 15) is 0 Å². The minimum atomic E-state index is 0.764. The van der Waals surface area contributed by atoms with Crippen LogP contribution in [-0.2, 0) is 0 Å². The molecule has 0 spiro atoms. The van der Waals surface area contributed by atoms with Crippen LogP contribution < -0.4 is 0 Å². The van der Waals surface area contributed by atoms with Crippen LogP contribution in [0.2, 0.25) is 0 Å². The predicted octanol–water partition coefficient (Wildman–Crippen LogP) is 3.60. The van der Waals surface area contributed by atoms with Crippen molar-refractivity contribution >= 4 is 11.3 Å². The van der Waals surface area contributed by atoms with Gasteiger partial charge in [0.05, 0.1) is 0 Å². The fourth-order valence-electron chi connectivity index (χ4n) is 1.29. The van der Waals surface area contributed by atoms with Crippen molar-refractivity contribution in [3.63, 3.8) is 0 Å². The molecule has 0 N–H and O–H groups in total. The predicted molar refractivity (Wildman–Crippen MR) is 59.2 cm³/mol. The Morgan fingerprint density at radius 1 is 1.14 bits per heavy atom. The highest BCUT2D eigenvalue weighted by Gasteiger charge is 2.00. The SMILES string of the molecule is Cc1ccc(-c2csc(C#N)c2)cc1. The summed E-state index contributed by atoms with van der Waals surface area (Å²) in [5.74, 6) is 0. The molecule has 0 unspecified atom stereocenters. The highest BCUT2D eigenvalue weighted by molar-refractivity contribution is 7.10. The monoisotopic (exact) mass is 199 g/mol. The largest absolute Gasteiger partial charge is 0.192 e. The molecule has 0 saturated carbocycles. The summed E-state index contributed by atoms with van der Waals surface area (Å²) < 4.78 is 0. The molecule has 1 aromatic heterocycles. The zero-order valence-electron chi connectivity index (χ0n) is 7.82. The highest BCUT2D eigenvalue weighted by Crippen LogP contribution is 2.25. The van der Waals surface area contributed by atoms with Gasteiger partial charge >= 0.3 is 0 Å². The maximum atomic E-state index is 8.70. The second kappa shape index (κ2) is 3.65. The molecule has 0 atom stereocenters. The molecule has 1 nitrogen and oxygen atoms in total. The fraction of sp³-hybridized carbons (Fsp3) is 0.0833. The quantitative estimate of drug-likeness (QED) is 0.688. The third-order valence-electron chi connectivity index (χ3n) is 2.09. The highest BCUT2D eigenvalue weighted by atomic mass is 32.1. The first-order valence-electron chi connectivity index (χ1n) is 4.35. The molecule has 68 valence electrons. The third kappa shape index (κ3) is 1.68. The minimum absolute atomic E-state index is 0.764. The third-order valence-corrected chi connectivity index (χ3v) is 2.93. The normalized spacial score (nSPS) is 9.71. The number of aryl methyl sites for hydroxylation is 1. The summed E-state index contributed by atoms with van der Waals surface area (Å²) in [5, 5.41) is 10.7. The van der Waals surface area contributed by atoms with Gasteiger partial charge in [-0.25, -0.2) is 0 Å². The van der Waals surface area contributed by atoms with Crippen molar-refractivity contribution in [1.29, 1.82) is 5.26 Å². The van der Waals surface area contributed by atoms with Crippen molar-refractivity contribution in [2.75, 3.05) is 0 Å². The van der Waals surface area contributed by atoms with Gasteiger partial charge in [-0.3, -0.25) is 0 Å². The number of rotatable bonds is 1. The molecule has 0 saturated heterocycles. The van der Waals surface area contributed by atoms with Gasteiger partial charge in [0, 0.05) is 0 Å². The van der Waals surface area contributed by atoms with Gasteiger partial charge < -0.3 is 0 Å². The Labute approximate surface area is 87.3 Å². The number of thiophene rings is 1. The number of nitriles is 1. The lowest BCUT2D eigenvalue weighted by Crippen LogP contribution is -1.74. The average molecular weight is 199 g/mol. The molecule has 14 heavy (non-hydrogen) atoms. The van der Waals surface area contributed by atoms with Crippen molar-refractivity contribution in [2.45, 2.75) is 6.92 Å². The van der Waals surface area contributed by atoms with E-state index in [-0.39, 0.29) is 0 Å².